The molecule has 1 N–H and O–H groups in total. The van der Waals surface area contributed by atoms with Gasteiger partial charge in [-0.25, -0.2) is 4.98 Å². The number of aromatic nitrogens is 4. The van der Waals surface area contributed by atoms with E-state index in [0.717, 1.165) is 18.9 Å². The van der Waals surface area contributed by atoms with Gasteiger partial charge in [0.2, 0.25) is 0 Å². The number of anilines is 1. The lowest BCUT2D eigenvalue weighted by molar-refractivity contribution is 0.0945. The van der Waals surface area contributed by atoms with Gasteiger partial charge in [-0.15, -0.1) is 5.10 Å². The Bertz CT molecular complexity index is 1010. The molecule has 0 saturated carbocycles. The van der Waals surface area contributed by atoms with Crippen molar-refractivity contribution in [2.24, 2.45) is 0 Å². The third-order valence-corrected chi connectivity index (χ3v) is 4.62. The van der Waals surface area contributed by atoms with Crippen LogP contribution in [0.3, 0.4) is 0 Å². The Balaban J connectivity index is 1.42. The van der Waals surface area contributed by atoms with Crippen LogP contribution >= 0.6 is 0 Å². The van der Waals surface area contributed by atoms with Crippen LogP contribution in [-0.4, -0.2) is 38.6 Å². The molecule has 1 saturated heterocycles. The Morgan fingerprint density at radius 3 is 2.70 bits per heavy atom. The van der Waals surface area contributed by atoms with E-state index in [1.54, 1.807) is 24.4 Å². The molecular weight excluding hydrogens is 344 g/mol. The number of hydrogen-bond donors (Lipinski definition) is 1. The van der Waals surface area contributed by atoms with Crippen molar-refractivity contribution in [2.45, 2.75) is 25.8 Å². The van der Waals surface area contributed by atoms with E-state index >= 15 is 0 Å². The number of fused-ring (bicyclic) bond motifs is 1. The number of amides is 1. The fourth-order valence-electron chi connectivity index (χ4n) is 3.17. The SMILES string of the molecule is O=C(NCc1ccc(N2CCCCC2)nn1)c1cc(=O)n2ccccc2n1. The van der Waals surface area contributed by atoms with Gasteiger partial charge in [0.25, 0.3) is 11.5 Å². The Kier molecular flexibility index (Phi) is 4.78. The summed E-state index contributed by atoms with van der Waals surface area (Å²) < 4.78 is 1.39. The third kappa shape index (κ3) is 3.79. The zero-order valence-corrected chi connectivity index (χ0v) is 14.8. The monoisotopic (exact) mass is 364 g/mol. The Morgan fingerprint density at radius 2 is 1.93 bits per heavy atom. The maximum atomic E-state index is 12.3. The van der Waals surface area contributed by atoms with Crippen LogP contribution in [0.4, 0.5) is 5.82 Å². The highest BCUT2D eigenvalue weighted by Gasteiger charge is 2.13. The minimum absolute atomic E-state index is 0.0871. The molecule has 3 aromatic heterocycles. The Hall–Kier alpha value is -3.29. The van der Waals surface area contributed by atoms with Crippen LogP contribution < -0.4 is 15.8 Å². The van der Waals surface area contributed by atoms with Crippen molar-refractivity contribution in [3.05, 3.63) is 64.3 Å². The van der Waals surface area contributed by atoms with Gasteiger partial charge in [0.15, 0.2) is 5.82 Å². The molecule has 0 radical (unpaired) electrons. The van der Waals surface area contributed by atoms with E-state index < -0.39 is 5.91 Å². The van der Waals surface area contributed by atoms with E-state index in [1.807, 2.05) is 12.1 Å². The van der Waals surface area contributed by atoms with Crippen LogP contribution in [0.5, 0.6) is 0 Å². The summed E-state index contributed by atoms with van der Waals surface area (Å²) in [5, 5.41) is 11.2. The van der Waals surface area contributed by atoms with Gasteiger partial charge in [-0.3, -0.25) is 14.0 Å². The molecule has 0 aromatic carbocycles. The number of pyridine rings is 1. The number of piperidine rings is 1. The van der Waals surface area contributed by atoms with Crippen molar-refractivity contribution in [1.82, 2.24) is 24.9 Å². The van der Waals surface area contributed by atoms with Gasteiger partial charge in [-0.1, -0.05) is 6.07 Å². The summed E-state index contributed by atoms with van der Waals surface area (Å²) in [6, 6.07) is 10.2. The van der Waals surface area contributed by atoms with Gasteiger partial charge >= 0.3 is 0 Å². The number of carbonyl (C=O) groups is 1. The molecule has 8 heteroatoms. The van der Waals surface area contributed by atoms with E-state index in [1.165, 1.54) is 29.7 Å². The van der Waals surface area contributed by atoms with E-state index in [4.69, 9.17) is 0 Å². The molecule has 0 bridgehead atoms. The predicted octanol–water partition coefficient (Wildman–Crippen LogP) is 1.40. The van der Waals surface area contributed by atoms with E-state index in [2.05, 4.69) is 25.4 Å². The molecule has 27 heavy (non-hydrogen) atoms. The lowest BCUT2D eigenvalue weighted by atomic mass is 10.1. The smallest absolute Gasteiger partial charge is 0.270 e. The van der Waals surface area contributed by atoms with Crippen molar-refractivity contribution < 1.29 is 4.79 Å². The fraction of sp³-hybridized carbons (Fsp3) is 0.316. The first-order chi connectivity index (χ1) is 13.2. The third-order valence-electron chi connectivity index (χ3n) is 4.62. The zero-order valence-electron chi connectivity index (χ0n) is 14.8. The minimum atomic E-state index is -0.416. The lowest BCUT2D eigenvalue weighted by Crippen LogP contribution is -2.30. The Morgan fingerprint density at radius 1 is 1.07 bits per heavy atom. The highest BCUT2D eigenvalue weighted by Crippen LogP contribution is 2.16. The molecule has 1 amide bonds. The van der Waals surface area contributed by atoms with Gasteiger partial charge in [-0.2, -0.15) is 5.10 Å². The number of carbonyl (C=O) groups excluding carboxylic acids is 1. The average molecular weight is 364 g/mol. The second-order valence-corrected chi connectivity index (χ2v) is 6.52. The average Bonchev–Trinajstić information content (AvgIpc) is 2.73. The van der Waals surface area contributed by atoms with Crippen LogP contribution in [-0.2, 0) is 6.54 Å². The van der Waals surface area contributed by atoms with Crippen LogP contribution in [0.1, 0.15) is 35.4 Å². The van der Waals surface area contributed by atoms with Crippen LogP contribution in [0.2, 0.25) is 0 Å². The summed E-state index contributed by atoms with van der Waals surface area (Å²) >= 11 is 0. The summed E-state index contributed by atoms with van der Waals surface area (Å²) in [6.07, 6.45) is 5.24. The van der Waals surface area contributed by atoms with Gasteiger partial charge < -0.3 is 10.2 Å². The van der Waals surface area contributed by atoms with Crippen LogP contribution in [0.15, 0.2) is 47.4 Å². The number of rotatable bonds is 4. The first-order valence-corrected chi connectivity index (χ1v) is 9.05. The molecule has 8 nitrogen and oxygen atoms in total. The highest BCUT2D eigenvalue weighted by molar-refractivity contribution is 5.92. The molecular formula is C19H20N6O2. The number of nitrogens with one attached hydrogen (secondary N) is 1. The molecule has 3 aromatic rings. The zero-order chi connectivity index (χ0) is 18.6. The van der Waals surface area contributed by atoms with Crippen molar-refractivity contribution >= 4 is 17.4 Å². The van der Waals surface area contributed by atoms with Gasteiger partial charge in [0, 0.05) is 25.4 Å². The van der Waals surface area contributed by atoms with Crippen molar-refractivity contribution in [1.29, 1.82) is 0 Å². The van der Waals surface area contributed by atoms with E-state index in [9.17, 15) is 9.59 Å². The fourth-order valence-corrected chi connectivity index (χ4v) is 3.17. The maximum absolute atomic E-state index is 12.3. The quantitative estimate of drug-likeness (QED) is 0.752. The van der Waals surface area contributed by atoms with Crippen molar-refractivity contribution in [3.63, 3.8) is 0 Å². The number of hydrogen-bond acceptors (Lipinski definition) is 6. The normalized spacial score (nSPS) is 14.3. The summed E-state index contributed by atoms with van der Waals surface area (Å²) in [5.41, 5.74) is 0.878. The first-order valence-electron chi connectivity index (χ1n) is 9.05. The van der Waals surface area contributed by atoms with Crippen LogP contribution in [0, 0.1) is 0 Å². The molecule has 4 heterocycles. The lowest BCUT2D eigenvalue weighted by Gasteiger charge is -2.27. The molecule has 0 atom stereocenters. The summed E-state index contributed by atoms with van der Waals surface area (Å²) in [5.74, 6) is 0.453. The van der Waals surface area contributed by atoms with E-state index in [-0.39, 0.29) is 17.8 Å². The molecule has 1 aliphatic heterocycles. The predicted molar refractivity (Wildman–Crippen MR) is 101 cm³/mol. The van der Waals surface area contributed by atoms with Crippen molar-refractivity contribution in [2.75, 3.05) is 18.0 Å². The Labute approximate surface area is 155 Å². The van der Waals surface area contributed by atoms with Gasteiger partial charge in [0.05, 0.1) is 12.2 Å². The second-order valence-electron chi connectivity index (χ2n) is 6.52. The van der Waals surface area contributed by atoms with Crippen LogP contribution in [0.25, 0.3) is 5.65 Å². The largest absolute Gasteiger partial charge is 0.355 e. The molecule has 1 aliphatic rings. The molecule has 4 rings (SSSR count). The molecule has 0 spiro atoms. The molecule has 138 valence electrons. The summed E-state index contributed by atoms with van der Waals surface area (Å²) in [7, 11) is 0. The molecule has 1 fully saturated rings. The second kappa shape index (κ2) is 7.53. The van der Waals surface area contributed by atoms with Gasteiger partial charge in [-0.05, 0) is 43.5 Å². The minimum Gasteiger partial charge on any atom is -0.355 e. The molecule has 0 aliphatic carbocycles. The standard InChI is InChI=1S/C19H20N6O2/c26-18-12-15(21-16-6-2-5-11-25(16)18)19(27)20-13-14-7-8-17(23-22-14)24-9-3-1-4-10-24/h2,5-8,11-12H,1,3-4,9-10,13H2,(H,20,27). The molecule has 0 unspecified atom stereocenters. The highest BCUT2D eigenvalue weighted by atomic mass is 16.2. The summed E-state index contributed by atoms with van der Waals surface area (Å²) in [6.45, 7) is 2.24. The first kappa shape index (κ1) is 17.1. The maximum Gasteiger partial charge on any atom is 0.270 e. The summed E-state index contributed by atoms with van der Waals surface area (Å²) in [4.78, 5) is 30.9. The topological polar surface area (TPSA) is 92.5 Å². The number of nitrogens with zero attached hydrogens (tertiary/aromatic N) is 5. The van der Waals surface area contributed by atoms with Crippen molar-refractivity contribution in [3.8, 4) is 0 Å². The van der Waals surface area contributed by atoms with Gasteiger partial charge in [0.1, 0.15) is 11.3 Å². The van der Waals surface area contributed by atoms with E-state index in [0.29, 0.717) is 11.3 Å².